The smallest absolute Gasteiger partial charge is 0.407 e. The van der Waals surface area contributed by atoms with Gasteiger partial charge in [0.1, 0.15) is 5.60 Å². The summed E-state index contributed by atoms with van der Waals surface area (Å²) < 4.78 is 14.5. The molecule has 9 heteroatoms. The number of methoxy groups -OCH3 is 2. The van der Waals surface area contributed by atoms with Gasteiger partial charge in [-0.05, 0) is 60.3 Å². The molecule has 2 aliphatic carbocycles. The van der Waals surface area contributed by atoms with E-state index in [0.29, 0.717) is 12.8 Å². The molecule has 0 aromatic rings. The van der Waals surface area contributed by atoms with Gasteiger partial charge >= 0.3 is 18.0 Å². The van der Waals surface area contributed by atoms with Gasteiger partial charge in [-0.1, -0.05) is 0 Å². The number of hydrogen-bond acceptors (Lipinski definition) is 7. The lowest BCUT2D eigenvalue weighted by Crippen LogP contribution is -2.53. The van der Waals surface area contributed by atoms with Crippen molar-refractivity contribution in [3.8, 4) is 0 Å². The van der Waals surface area contributed by atoms with Crippen LogP contribution in [0.5, 0.6) is 0 Å². The Morgan fingerprint density at radius 3 is 1.64 bits per heavy atom. The maximum absolute atomic E-state index is 11.5. The highest BCUT2D eigenvalue weighted by Gasteiger charge is 2.48. The third kappa shape index (κ3) is 7.13. The molecule has 2 fully saturated rings. The number of nitrogens with one attached hydrogen (secondary N) is 1. The van der Waals surface area contributed by atoms with Crippen LogP contribution in [0.2, 0.25) is 0 Å². The average molecular weight is 423 g/mol. The summed E-state index contributed by atoms with van der Waals surface area (Å²) in [7, 11) is 2.79. The highest BCUT2D eigenvalue weighted by molar-refractivity contribution is 5.85. The van der Waals surface area contributed by atoms with Crippen LogP contribution in [0.1, 0.15) is 60.3 Å². The van der Waals surface area contributed by atoms with Gasteiger partial charge < -0.3 is 25.3 Å². The Labute approximate surface area is 173 Å². The summed E-state index contributed by atoms with van der Waals surface area (Å²) in [4.78, 5) is 33.9. The first-order valence-electron chi connectivity index (χ1n) is 9.16. The lowest BCUT2D eigenvalue weighted by Gasteiger charge is -2.42. The molecule has 8 nitrogen and oxygen atoms in total. The molecule has 164 valence electrons. The van der Waals surface area contributed by atoms with Crippen LogP contribution in [-0.2, 0) is 23.8 Å². The summed E-state index contributed by atoms with van der Waals surface area (Å²) in [5.74, 6) is -0.353. The Morgan fingerprint density at radius 1 is 0.929 bits per heavy atom. The minimum atomic E-state index is -0.501. The van der Waals surface area contributed by atoms with E-state index in [1.54, 1.807) is 0 Å². The van der Waals surface area contributed by atoms with Crippen LogP contribution in [0.15, 0.2) is 0 Å². The van der Waals surface area contributed by atoms with Crippen molar-refractivity contribution in [3.63, 3.8) is 0 Å². The molecule has 0 aliphatic heterocycles. The Kier molecular flexibility index (Phi) is 9.24. The molecule has 2 saturated carbocycles. The van der Waals surface area contributed by atoms with Crippen molar-refractivity contribution < 1.29 is 28.6 Å². The molecule has 0 aromatic carbocycles. The van der Waals surface area contributed by atoms with Crippen molar-refractivity contribution in [2.45, 2.75) is 78.0 Å². The summed E-state index contributed by atoms with van der Waals surface area (Å²) >= 11 is 0. The first-order chi connectivity index (χ1) is 12.2. The van der Waals surface area contributed by atoms with Gasteiger partial charge in [0.05, 0.1) is 25.0 Å². The van der Waals surface area contributed by atoms with Gasteiger partial charge in [-0.25, -0.2) is 4.79 Å². The standard InChI is InChI=1S/C12H21NO4.C7H13NO2.ClH/c1-11(2,3)17-10(15)13-8-6-12(4,7-8)9(14)16-5;1-7(6(9)10-2)3-5(8)4-7;/h8H,6-7H2,1-5H3,(H,13,15);5H,3-4,8H2,1-2H3;1H. The van der Waals surface area contributed by atoms with Gasteiger partial charge in [0.15, 0.2) is 0 Å². The molecule has 2 aliphatic rings. The first-order valence-corrected chi connectivity index (χ1v) is 9.16. The maximum Gasteiger partial charge on any atom is 0.407 e. The number of ether oxygens (including phenoxy) is 3. The Morgan fingerprint density at radius 2 is 1.32 bits per heavy atom. The third-order valence-corrected chi connectivity index (χ3v) is 4.90. The van der Waals surface area contributed by atoms with Crippen molar-refractivity contribution in [3.05, 3.63) is 0 Å². The molecule has 0 aromatic heterocycles. The Balaban J connectivity index is 0.000000567. The third-order valence-electron chi connectivity index (χ3n) is 4.90. The van der Waals surface area contributed by atoms with Crippen LogP contribution in [0.25, 0.3) is 0 Å². The van der Waals surface area contributed by atoms with Crippen molar-refractivity contribution in [2.24, 2.45) is 16.6 Å². The van der Waals surface area contributed by atoms with Gasteiger partial charge in [-0.3, -0.25) is 9.59 Å². The van der Waals surface area contributed by atoms with Gasteiger partial charge in [-0.15, -0.1) is 12.4 Å². The van der Waals surface area contributed by atoms with E-state index in [4.69, 9.17) is 15.2 Å². The molecule has 1 amide bonds. The second-order valence-corrected chi connectivity index (χ2v) is 9.02. The van der Waals surface area contributed by atoms with Crippen molar-refractivity contribution in [2.75, 3.05) is 14.2 Å². The lowest BCUT2D eigenvalue weighted by molar-refractivity contribution is -0.158. The summed E-state index contributed by atoms with van der Waals surface area (Å²) in [5, 5.41) is 2.74. The van der Waals surface area contributed by atoms with E-state index in [0.717, 1.165) is 12.8 Å². The highest BCUT2D eigenvalue weighted by atomic mass is 35.5. The normalized spacial score (nSPS) is 30.7. The van der Waals surface area contributed by atoms with E-state index >= 15 is 0 Å². The number of carbonyl (C=O) groups is 3. The van der Waals surface area contributed by atoms with Crippen molar-refractivity contribution in [1.29, 1.82) is 0 Å². The second kappa shape index (κ2) is 9.78. The largest absolute Gasteiger partial charge is 0.469 e. The molecule has 0 heterocycles. The van der Waals surface area contributed by atoms with Gasteiger partial charge in [0.25, 0.3) is 0 Å². The molecule has 0 saturated heterocycles. The topological polar surface area (TPSA) is 117 Å². The molecule has 0 spiro atoms. The quantitative estimate of drug-likeness (QED) is 0.530. The number of nitrogens with two attached hydrogens (primary N) is 1. The number of rotatable bonds is 3. The summed E-state index contributed by atoms with van der Waals surface area (Å²) in [5.41, 5.74) is 4.29. The summed E-state index contributed by atoms with van der Waals surface area (Å²) in [6.07, 6.45) is 2.28. The second-order valence-electron chi connectivity index (χ2n) is 9.02. The van der Waals surface area contributed by atoms with Gasteiger partial charge in [0, 0.05) is 12.1 Å². The van der Waals surface area contributed by atoms with E-state index in [1.165, 1.54) is 14.2 Å². The van der Waals surface area contributed by atoms with E-state index in [-0.39, 0.29) is 41.8 Å². The minimum Gasteiger partial charge on any atom is -0.469 e. The van der Waals surface area contributed by atoms with E-state index in [9.17, 15) is 14.4 Å². The Bertz CT molecular complexity index is 563. The van der Waals surface area contributed by atoms with E-state index in [2.05, 4.69) is 10.1 Å². The number of esters is 2. The maximum atomic E-state index is 11.5. The molecule has 2 rings (SSSR count). The fourth-order valence-electron chi connectivity index (χ4n) is 3.53. The number of halogens is 1. The van der Waals surface area contributed by atoms with Crippen LogP contribution < -0.4 is 11.1 Å². The van der Waals surface area contributed by atoms with Crippen molar-refractivity contribution in [1.82, 2.24) is 5.32 Å². The lowest BCUT2D eigenvalue weighted by atomic mass is 9.67. The zero-order valence-corrected chi connectivity index (χ0v) is 18.7. The van der Waals surface area contributed by atoms with Gasteiger partial charge in [0.2, 0.25) is 0 Å². The zero-order chi connectivity index (χ0) is 21.0. The van der Waals surface area contributed by atoms with Crippen LogP contribution in [0, 0.1) is 10.8 Å². The molecule has 28 heavy (non-hydrogen) atoms. The SMILES string of the molecule is COC(=O)C1(C)CC(N)C1.COC(=O)C1(C)CC(NC(=O)OC(C)(C)C)C1.Cl. The van der Waals surface area contributed by atoms with Crippen LogP contribution in [0.3, 0.4) is 0 Å². The highest BCUT2D eigenvalue weighted by Crippen LogP contribution is 2.42. The van der Waals surface area contributed by atoms with Gasteiger partial charge in [-0.2, -0.15) is 0 Å². The van der Waals surface area contributed by atoms with Crippen molar-refractivity contribution >= 4 is 30.4 Å². The van der Waals surface area contributed by atoms with E-state index in [1.807, 2.05) is 34.6 Å². The Hall–Kier alpha value is -1.54. The minimum absolute atomic E-state index is 0. The zero-order valence-electron chi connectivity index (χ0n) is 17.9. The van der Waals surface area contributed by atoms with Crippen LogP contribution in [-0.4, -0.2) is 49.9 Å². The molecular weight excluding hydrogens is 388 g/mol. The molecule has 0 bridgehead atoms. The average Bonchev–Trinajstić information content (AvgIpc) is 2.48. The number of hydrogen-bond donors (Lipinski definition) is 2. The molecule has 0 radical (unpaired) electrons. The van der Waals surface area contributed by atoms with Crippen LogP contribution in [0.4, 0.5) is 4.79 Å². The number of carbonyl (C=O) groups excluding carboxylic acids is 3. The molecule has 0 atom stereocenters. The predicted octanol–water partition coefficient (Wildman–Crippen LogP) is 2.56. The summed E-state index contributed by atoms with van der Waals surface area (Å²) in [6, 6.07) is 0.193. The number of alkyl carbamates (subject to hydrolysis) is 1. The molecular formula is C19H35ClN2O6. The predicted molar refractivity (Wildman–Crippen MR) is 107 cm³/mol. The van der Waals surface area contributed by atoms with E-state index < -0.39 is 17.1 Å². The fraction of sp³-hybridized carbons (Fsp3) is 0.842. The monoisotopic (exact) mass is 422 g/mol. The first kappa shape index (κ1) is 26.5. The number of amides is 1. The molecule has 0 unspecified atom stereocenters. The van der Waals surface area contributed by atoms with Crippen LogP contribution >= 0.6 is 12.4 Å². The summed E-state index contributed by atoms with van der Waals surface area (Å²) in [6.45, 7) is 9.16. The molecule has 3 N–H and O–H groups in total. The fourth-order valence-corrected chi connectivity index (χ4v) is 3.53.